The zero-order valence-electron chi connectivity index (χ0n) is 11.2. The molecule has 1 aromatic heterocycles. The predicted octanol–water partition coefficient (Wildman–Crippen LogP) is 1.17. The van der Waals surface area contributed by atoms with Gasteiger partial charge in [0.1, 0.15) is 12.1 Å². The van der Waals surface area contributed by atoms with Gasteiger partial charge in [0.25, 0.3) is 0 Å². The average Bonchev–Trinajstić information content (AvgIpc) is 2.38. The maximum Gasteiger partial charge on any atom is 0.132 e. The van der Waals surface area contributed by atoms with E-state index in [0.29, 0.717) is 0 Å². The van der Waals surface area contributed by atoms with Gasteiger partial charge in [-0.3, -0.25) is 0 Å². The van der Waals surface area contributed by atoms with E-state index in [4.69, 9.17) is 4.74 Å². The zero-order chi connectivity index (χ0) is 12.8. The lowest BCUT2D eigenvalue weighted by atomic mass is 10.2. The SMILES string of the molecule is CCCc1cncnc1NC[C@@H]1CN(C)CCO1. The van der Waals surface area contributed by atoms with Gasteiger partial charge < -0.3 is 15.0 Å². The Morgan fingerprint density at radius 1 is 1.56 bits per heavy atom. The summed E-state index contributed by atoms with van der Waals surface area (Å²) in [5.41, 5.74) is 1.18. The van der Waals surface area contributed by atoms with Gasteiger partial charge in [-0.25, -0.2) is 9.97 Å². The van der Waals surface area contributed by atoms with E-state index >= 15 is 0 Å². The van der Waals surface area contributed by atoms with E-state index in [-0.39, 0.29) is 6.10 Å². The number of morpholine rings is 1. The van der Waals surface area contributed by atoms with Crippen LogP contribution < -0.4 is 5.32 Å². The van der Waals surface area contributed by atoms with Crippen LogP contribution >= 0.6 is 0 Å². The first-order valence-electron chi connectivity index (χ1n) is 6.62. The van der Waals surface area contributed by atoms with E-state index < -0.39 is 0 Å². The van der Waals surface area contributed by atoms with Crippen LogP contribution in [0.4, 0.5) is 5.82 Å². The number of aromatic nitrogens is 2. The minimum atomic E-state index is 0.244. The van der Waals surface area contributed by atoms with Crippen molar-refractivity contribution in [1.82, 2.24) is 14.9 Å². The molecule has 1 saturated heterocycles. The Morgan fingerprint density at radius 3 is 3.22 bits per heavy atom. The van der Waals surface area contributed by atoms with Crippen LogP contribution in [-0.4, -0.2) is 54.3 Å². The van der Waals surface area contributed by atoms with Crippen LogP contribution in [0, 0.1) is 0 Å². The molecule has 100 valence electrons. The number of ether oxygens (including phenoxy) is 1. The van der Waals surface area contributed by atoms with E-state index in [9.17, 15) is 0 Å². The van der Waals surface area contributed by atoms with Crippen LogP contribution in [0.5, 0.6) is 0 Å². The van der Waals surface area contributed by atoms with Crippen molar-refractivity contribution in [3.8, 4) is 0 Å². The number of nitrogens with zero attached hydrogens (tertiary/aromatic N) is 3. The second kappa shape index (κ2) is 6.66. The van der Waals surface area contributed by atoms with Crippen molar-refractivity contribution in [2.45, 2.75) is 25.9 Å². The van der Waals surface area contributed by atoms with Crippen LogP contribution in [0.3, 0.4) is 0 Å². The van der Waals surface area contributed by atoms with Crippen LogP contribution in [0.1, 0.15) is 18.9 Å². The van der Waals surface area contributed by atoms with E-state index in [1.807, 2.05) is 6.20 Å². The largest absolute Gasteiger partial charge is 0.374 e. The highest BCUT2D eigenvalue weighted by atomic mass is 16.5. The van der Waals surface area contributed by atoms with Crippen molar-refractivity contribution in [2.24, 2.45) is 0 Å². The Kier molecular flexibility index (Phi) is 4.90. The molecule has 1 aliphatic rings. The van der Waals surface area contributed by atoms with Crippen molar-refractivity contribution in [3.63, 3.8) is 0 Å². The molecule has 0 aromatic carbocycles. The highest BCUT2D eigenvalue weighted by Gasteiger charge is 2.17. The molecule has 0 spiro atoms. The van der Waals surface area contributed by atoms with E-state index in [2.05, 4.69) is 34.2 Å². The van der Waals surface area contributed by atoms with E-state index in [1.54, 1.807) is 6.33 Å². The summed E-state index contributed by atoms with van der Waals surface area (Å²) in [5, 5.41) is 3.39. The predicted molar refractivity (Wildman–Crippen MR) is 71.8 cm³/mol. The first-order chi connectivity index (χ1) is 8.79. The molecule has 5 nitrogen and oxygen atoms in total. The van der Waals surface area contributed by atoms with Gasteiger partial charge in [-0.15, -0.1) is 0 Å². The first-order valence-corrected chi connectivity index (χ1v) is 6.62. The van der Waals surface area contributed by atoms with Crippen LogP contribution in [0.2, 0.25) is 0 Å². The van der Waals surface area contributed by atoms with Gasteiger partial charge in [-0.2, -0.15) is 0 Å². The molecular formula is C13H22N4O. The lowest BCUT2D eigenvalue weighted by molar-refractivity contribution is -0.0117. The van der Waals surface area contributed by atoms with E-state index in [1.165, 1.54) is 5.56 Å². The lowest BCUT2D eigenvalue weighted by Crippen LogP contribution is -2.43. The Morgan fingerprint density at radius 2 is 2.44 bits per heavy atom. The molecule has 18 heavy (non-hydrogen) atoms. The molecule has 1 aliphatic heterocycles. The van der Waals surface area contributed by atoms with Crippen LogP contribution in [0.25, 0.3) is 0 Å². The van der Waals surface area contributed by atoms with Gasteiger partial charge in [0.2, 0.25) is 0 Å². The van der Waals surface area contributed by atoms with Crippen molar-refractivity contribution >= 4 is 5.82 Å². The van der Waals surface area contributed by atoms with Gasteiger partial charge in [0.15, 0.2) is 0 Å². The molecule has 0 saturated carbocycles. The molecule has 2 heterocycles. The summed E-state index contributed by atoms with van der Waals surface area (Å²) < 4.78 is 5.72. The van der Waals surface area contributed by atoms with Crippen molar-refractivity contribution in [3.05, 3.63) is 18.1 Å². The minimum absolute atomic E-state index is 0.244. The Hall–Kier alpha value is -1.20. The number of anilines is 1. The quantitative estimate of drug-likeness (QED) is 0.850. The molecule has 0 amide bonds. The molecule has 0 unspecified atom stereocenters. The van der Waals surface area contributed by atoms with Gasteiger partial charge in [-0.1, -0.05) is 13.3 Å². The number of aryl methyl sites for hydroxylation is 1. The standard InChI is InChI=1S/C13H22N4O/c1-3-4-11-7-14-10-16-13(11)15-8-12-9-17(2)5-6-18-12/h7,10,12H,3-6,8-9H2,1-2H3,(H,14,15,16)/t12-/m1/s1. The number of rotatable bonds is 5. The summed E-state index contributed by atoms with van der Waals surface area (Å²) in [5.74, 6) is 0.948. The molecule has 0 radical (unpaired) electrons. The second-order valence-corrected chi connectivity index (χ2v) is 4.78. The zero-order valence-corrected chi connectivity index (χ0v) is 11.2. The highest BCUT2D eigenvalue weighted by Crippen LogP contribution is 2.13. The summed E-state index contributed by atoms with van der Waals surface area (Å²) in [6.07, 6.45) is 5.84. The fourth-order valence-corrected chi connectivity index (χ4v) is 2.17. The molecule has 5 heteroatoms. The number of nitrogens with one attached hydrogen (secondary N) is 1. The van der Waals surface area contributed by atoms with E-state index in [0.717, 1.165) is 44.9 Å². The van der Waals surface area contributed by atoms with Crippen molar-refractivity contribution in [1.29, 1.82) is 0 Å². The highest BCUT2D eigenvalue weighted by molar-refractivity contribution is 5.42. The fourth-order valence-electron chi connectivity index (χ4n) is 2.17. The van der Waals surface area contributed by atoms with Crippen molar-refractivity contribution in [2.75, 3.05) is 38.6 Å². The molecular weight excluding hydrogens is 228 g/mol. The van der Waals surface area contributed by atoms with Crippen LogP contribution in [-0.2, 0) is 11.2 Å². The second-order valence-electron chi connectivity index (χ2n) is 4.78. The third kappa shape index (κ3) is 3.65. The normalized spacial score (nSPS) is 20.9. The van der Waals surface area contributed by atoms with Gasteiger partial charge in [-0.05, 0) is 13.5 Å². The maximum atomic E-state index is 5.72. The maximum absolute atomic E-state index is 5.72. The summed E-state index contributed by atoms with van der Waals surface area (Å²) >= 11 is 0. The molecule has 1 N–H and O–H groups in total. The Bertz CT molecular complexity index is 372. The number of likely N-dealkylation sites (N-methyl/N-ethyl adjacent to an activating group) is 1. The monoisotopic (exact) mass is 250 g/mol. The summed E-state index contributed by atoms with van der Waals surface area (Å²) in [4.78, 5) is 10.7. The molecule has 2 rings (SSSR count). The van der Waals surface area contributed by atoms with Gasteiger partial charge in [0.05, 0.1) is 12.7 Å². The summed E-state index contributed by atoms with van der Waals surface area (Å²) in [6, 6.07) is 0. The number of hydrogen-bond acceptors (Lipinski definition) is 5. The number of hydrogen-bond donors (Lipinski definition) is 1. The average molecular weight is 250 g/mol. The molecule has 0 aliphatic carbocycles. The van der Waals surface area contributed by atoms with Crippen LogP contribution in [0.15, 0.2) is 12.5 Å². The Balaban J connectivity index is 1.89. The lowest BCUT2D eigenvalue weighted by Gasteiger charge is -2.30. The minimum Gasteiger partial charge on any atom is -0.374 e. The first kappa shape index (κ1) is 13.2. The molecule has 1 fully saturated rings. The summed E-state index contributed by atoms with van der Waals surface area (Å²) in [6.45, 7) is 5.77. The van der Waals surface area contributed by atoms with Gasteiger partial charge >= 0.3 is 0 Å². The van der Waals surface area contributed by atoms with Gasteiger partial charge in [0, 0.05) is 31.4 Å². The molecule has 1 aromatic rings. The smallest absolute Gasteiger partial charge is 0.132 e. The Labute approximate surface area is 109 Å². The fraction of sp³-hybridized carbons (Fsp3) is 0.692. The third-order valence-corrected chi connectivity index (χ3v) is 3.15. The topological polar surface area (TPSA) is 50.3 Å². The summed E-state index contributed by atoms with van der Waals surface area (Å²) in [7, 11) is 2.13. The molecule has 1 atom stereocenters. The van der Waals surface area contributed by atoms with Crippen molar-refractivity contribution < 1.29 is 4.74 Å². The molecule has 0 bridgehead atoms. The third-order valence-electron chi connectivity index (χ3n) is 3.15.